The molecule has 288 valence electrons. The van der Waals surface area contributed by atoms with Crippen molar-refractivity contribution < 1.29 is 38.8 Å². The van der Waals surface area contributed by atoms with Crippen LogP contribution in [0, 0.1) is 0 Å². The fraction of sp³-hybridized carbons (Fsp3) is 0.432. The largest absolute Gasteiger partial charge is 0.508 e. The highest BCUT2D eigenvalue weighted by molar-refractivity contribution is 5.96. The number of carbonyl (C=O) groups is 3. The first kappa shape index (κ1) is 40.4. The first-order chi connectivity index (χ1) is 26.3. The number of esters is 1. The van der Waals surface area contributed by atoms with Crippen molar-refractivity contribution in [3.8, 4) is 5.75 Å². The van der Waals surface area contributed by atoms with E-state index in [1.165, 1.54) is 0 Å². The number of aromatic hydroxyl groups is 1. The number of nitrogens with one attached hydrogen (secondary N) is 2. The average Bonchev–Trinajstić information content (AvgIpc) is 3.56. The molecule has 10 nitrogen and oxygen atoms in total. The fourth-order valence-electron chi connectivity index (χ4n) is 7.02. The number of amides is 2. The van der Waals surface area contributed by atoms with Crippen molar-refractivity contribution in [3.05, 3.63) is 118 Å². The first-order valence-electron chi connectivity index (χ1n) is 19.3. The van der Waals surface area contributed by atoms with E-state index in [0.29, 0.717) is 41.5 Å². The van der Waals surface area contributed by atoms with Gasteiger partial charge in [0.2, 0.25) is 5.91 Å². The Labute approximate surface area is 318 Å². The van der Waals surface area contributed by atoms with Gasteiger partial charge in [0, 0.05) is 43.5 Å². The van der Waals surface area contributed by atoms with Crippen LogP contribution in [-0.2, 0) is 32.0 Å². The van der Waals surface area contributed by atoms with Crippen molar-refractivity contribution in [1.29, 1.82) is 0 Å². The predicted molar refractivity (Wildman–Crippen MR) is 208 cm³/mol. The van der Waals surface area contributed by atoms with Crippen LogP contribution in [0.4, 0.5) is 0 Å². The number of carbonyl (C=O) groups excluding carboxylic acids is 3. The summed E-state index contributed by atoms with van der Waals surface area (Å²) in [6.45, 7) is 4.47. The second kappa shape index (κ2) is 20.1. The second-order valence-corrected chi connectivity index (χ2v) is 14.0. The molecule has 1 aliphatic carbocycles. The number of aliphatic hydroxyl groups excluding tert-OH is 1. The maximum atomic E-state index is 14.0. The van der Waals surface area contributed by atoms with Gasteiger partial charge >= 0.3 is 5.97 Å². The summed E-state index contributed by atoms with van der Waals surface area (Å²) in [5.41, 5.74) is 3.41. The number of aliphatic hydroxyl groups is 1. The number of rotatable bonds is 19. The molecule has 3 atom stereocenters. The molecular weight excluding hydrogens is 684 g/mol. The molecule has 2 aliphatic rings. The number of hydrogen-bond acceptors (Lipinski definition) is 8. The molecule has 1 aliphatic heterocycles. The molecule has 0 spiro atoms. The number of hydrogen-bond donors (Lipinski definition) is 4. The third-order valence-electron chi connectivity index (χ3n) is 9.90. The molecule has 1 saturated heterocycles. The Bertz CT molecular complexity index is 1780. The van der Waals surface area contributed by atoms with Crippen LogP contribution in [0.25, 0.3) is 6.08 Å². The normalized spacial score (nSPS) is 18.9. The number of phenolic OH excluding ortho intramolecular Hbond substituents is 1. The van der Waals surface area contributed by atoms with E-state index in [-0.39, 0.29) is 43.7 Å². The predicted octanol–water partition coefficient (Wildman–Crippen LogP) is 7.18. The number of fused-ring (bicyclic) bond motifs is 1. The molecule has 4 N–H and O–H groups in total. The second-order valence-electron chi connectivity index (χ2n) is 14.0. The number of ether oxygens (including phenoxy) is 3. The molecule has 10 heteroatoms. The zero-order valence-electron chi connectivity index (χ0n) is 31.4. The van der Waals surface area contributed by atoms with Gasteiger partial charge in [-0.1, -0.05) is 100 Å². The van der Waals surface area contributed by atoms with E-state index in [9.17, 15) is 19.5 Å². The third kappa shape index (κ3) is 10.9. The van der Waals surface area contributed by atoms with E-state index in [1.54, 1.807) is 42.5 Å². The lowest BCUT2D eigenvalue weighted by Gasteiger charge is -2.31. The van der Waals surface area contributed by atoms with E-state index in [2.05, 4.69) is 24.5 Å². The lowest BCUT2D eigenvalue weighted by molar-refractivity contribution is -0.190. The van der Waals surface area contributed by atoms with Gasteiger partial charge in [-0.05, 0) is 66.3 Å². The molecule has 2 amide bonds. The molecule has 0 radical (unpaired) electrons. The maximum absolute atomic E-state index is 14.0. The lowest BCUT2D eigenvalue weighted by Crippen LogP contribution is -2.43. The Morgan fingerprint density at radius 2 is 1.63 bits per heavy atom. The summed E-state index contributed by atoms with van der Waals surface area (Å²) >= 11 is 0. The van der Waals surface area contributed by atoms with Crippen molar-refractivity contribution >= 4 is 23.9 Å². The number of benzene rings is 3. The molecule has 0 aromatic heterocycles. The van der Waals surface area contributed by atoms with E-state index in [1.807, 2.05) is 48.6 Å². The van der Waals surface area contributed by atoms with Crippen molar-refractivity contribution in [1.82, 2.24) is 10.6 Å². The number of unbranched alkanes of at least 4 members (excludes halogenated alkanes) is 4. The monoisotopic (exact) mass is 738 g/mol. The smallest absolute Gasteiger partial charge is 0.339 e. The Morgan fingerprint density at radius 1 is 0.889 bits per heavy atom. The van der Waals surface area contributed by atoms with E-state index in [4.69, 9.17) is 19.3 Å². The standard InChI is InChI=1S/C44H54N2O8/c1-3-5-11-23-44(24-12-6-4-2)53-39-29-35(42(50)46-30-31-15-13-20-34(27-31)41(49)45-25-26-47)28-38(40(39)54-44)52-43(51)36-21-9-7-16-32(36)18-14-19-33-17-8-10-22-37(33)48/h7-10,13-18,20-22,27,29,38-40,47-48H,3-6,11-12,19,23-26,28,30H2,1-2H3,(H,45,49)(H,46,50)/t38-,39-,40+/m1/s1. The Kier molecular flexibility index (Phi) is 15.0. The van der Waals surface area contributed by atoms with E-state index >= 15 is 0 Å². The van der Waals surface area contributed by atoms with Gasteiger partial charge in [0.25, 0.3) is 5.91 Å². The van der Waals surface area contributed by atoms with Crippen molar-refractivity contribution in [2.75, 3.05) is 13.2 Å². The summed E-state index contributed by atoms with van der Waals surface area (Å²) in [4.78, 5) is 40.2. The summed E-state index contributed by atoms with van der Waals surface area (Å²) < 4.78 is 19.8. The minimum atomic E-state index is -0.840. The average molecular weight is 739 g/mol. The molecule has 1 fully saturated rings. The highest BCUT2D eigenvalue weighted by atomic mass is 16.8. The Morgan fingerprint density at radius 3 is 2.37 bits per heavy atom. The van der Waals surface area contributed by atoms with Crippen molar-refractivity contribution in [2.45, 2.75) is 109 Å². The van der Waals surface area contributed by atoms with Crippen LogP contribution in [0.15, 0.2) is 90.5 Å². The minimum Gasteiger partial charge on any atom is -0.508 e. The summed E-state index contributed by atoms with van der Waals surface area (Å²) in [5.74, 6) is -1.79. The van der Waals surface area contributed by atoms with Gasteiger partial charge < -0.3 is 35.1 Å². The van der Waals surface area contributed by atoms with Gasteiger partial charge in [0.15, 0.2) is 5.79 Å². The highest BCUT2D eigenvalue weighted by Gasteiger charge is 2.52. The molecule has 5 rings (SSSR count). The lowest BCUT2D eigenvalue weighted by atomic mass is 9.91. The van der Waals surface area contributed by atoms with Crippen LogP contribution in [0.2, 0.25) is 0 Å². The number of allylic oxidation sites excluding steroid dienone is 1. The topological polar surface area (TPSA) is 143 Å². The highest BCUT2D eigenvalue weighted by Crippen LogP contribution is 2.43. The molecule has 0 unspecified atom stereocenters. The molecular formula is C44H54N2O8. The fourth-order valence-corrected chi connectivity index (χ4v) is 7.02. The van der Waals surface area contributed by atoms with Gasteiger partial charge in [0.05, 0.1) is 12.2 Å². The van der Waals surface area contributed by atoms with Crippen LogP contribution >= 0.6 is 0 Å². The Balaban J connectivity index is 1.36. The molecule has 3 aromatic carbocycles. The molecule has 3 aromatic rings. The summed E-state index contributed by atoms with van der Waals surface area (Å²) in [7, 11) is 0. The van der Waals surface area contributed by atoms with Crippen LogP contribution in [0.1, 0.15) is 109 Å². The van der Waals surface area contributed by atoms with Crippen molar-refractivity contribution in [3.63, 3.8) is 0 Å². The van der Waals surface area contributed by atoms with Crippen LogP contribution < -0.4 is 10.6 Å². The van der Waals surface area contributed by atoms with E-state index in [0.717, 1.165) is 49.7 Å². The van der Waals surface area contributed by atoms with Gasteiger partial charge in [-0.25, -0.2) is 4.79 Å². The van der Waals surface area contributed by atoms with Gasteiger partial charge in [-0.2, -0.15) is 0 Å². The quantitative estimate of drug-likeness (QED) is 0.0749. The van der Waals surface area contributed by atoms with Gasteiger partial charge in [-0.3, -0.25) is 9.59 Å². The minimum absolute atomic E-state index is 0.136. The molecule has 0 bridgehead atoms. The number of phenols is 1. The SMILES string of the molecule is CCCCCC1(CCCCC)O[C@@H]2[C@@H](C=C(C(=O)NCc3cccc(C(=O)NCCO)c3)C[C@H]2OC(=O)c2ccccc2C=CCc2ccccc2O)O1. The third-order valence-corrected chi connectivity index (χ3v) is 9.90. The zero-order chi connectivity index (χ0) is 38.3. The molecule has 0 saturated carbocycles. The first-order valence-corrected chi connectivity index (χ1v) is 19.3. The van der Waals surface area contributed by atoms with Gasteiger partial charge in [0.1, 0.15) is 24.1 Å². The molecule has 1 heterocycles. The van der Waals surface area contributed by atoms with Crippen LogP contribution in [0.3, 0.4) is 0 Å². The van der Waals surface area contributed by atoms with Gasteiger partial charge in [-0.15, -0.1) is 0 Å². The van der Waals surface area contributed by atoms with Crippen molar-refractivity contribution in [2.24, 2.45) is 0 Å². The summed E-state index contributed by atoms with van der Waals surface area (Å²) in [6, 6.07) is 21.3. The van der Waals surface area contributed by atoms with E-state index < -0.39 is 30.1 Å². The summed E-state index contributed by atoms with van der Waals surface area (Å²) in [6.07, 6.45) is 11.7. The summed E-state index contributed by atoms with van der Waals surface area (Å²) in [5, 5.41) is 24.9. The zero-order valence-corrected chi connectivity index (χ0v) is 31.4. The maximum Gasteiger partial charge on any atom is 0.339 e. The van der Waals surface area contributed by atoms with Crippen LogP contribution in [-0.4, -0.2) is 65.2 Å². The Hall–Kier alpha value is -4.77. The van der Waals surface area contributed by atoms with Crippen LogP contribution in [0.5, 0.6) is 5.75 Å². The molecule has 54 heavy (non-hydrogen) atoms. The number of para-hydroxylation sites is 1.